The fourth-order valence-electron chi connectivity index (χ4n) is 1.88. The molecule has 8 heteroatoms. The lowest BCUT2D eigenvalue weighted by molar-refractivity contribution is 0.102. The average molecular weight is 371 g/mol. The maximum absolute atomic E-state index is 12.3. The lowest BCUT2D eigenvalue weighted by Crippen LogP contribution is -2.13. The van der Waals surface area contributed by atoms with Gasteiger partial charge in [0.2, 0.25) is 10.0 Å². The molecular weight excluding hydrogens is 356 g/mol. The summed E-state index contributed by atoms with van der Waals surface area (Å²) < 4.78 is 24.7. The van der Waals surface area contributed by atoms with Crippen molar-refractivity contribution in [2.24, 2.45) is 0 Å². The second-order valence-electron chi connectivity index (χ2n) is 4.75. The molecule has 2 N–H and O–H groups in total. The summed E-state index contributed by atoms with van der Waals surface area (Å²) in [6, 6.07) is 11.8. The number of carbonyl (C=O) groups is 1. The number of sulfonamides is 1. The summed E-state index contributed by atoms with van der Waals surface area (Å²) in [6.07, 6.45) is 2.99. The third-order valence-corrected chi connectivity index (χ3v) is 4.49. The van der Waals surface area contributed by atoms with Gasteiger partial charge in [0.15, 0.2) is 0 Å². The van der Waals surface area contributed by atoms with Gasteiger partial charge in [-0.1, -0.05) is 17.7 Å². The number of rotatable bonds is 5. The van der Waals surface area contributed by atoms with Crippen LogP contribution in [0.4, 0.5) is 11.4 Å². The highest BCUT2D eigenvalue weighted by Gasteiger charge is 2.12. The molecule has 2 aromatic carbocycles. The number of hydrogen-bond acceptors (Lipinski definition) is 4. The van der Waals surface area contributed by atoms with E-state index in [2.05, 4.69) is 10.0 Å². The SMILES string of the molecule is CSc1cccc(NC(=O)c2ccc(NS(C)(=O)=O)cc2Cl)c1. The first kappa shape index (κ1) is 17.7. The molecule has 0 aliphatic carbocycles. The lowest BCUT2D eigenvalue weighted by Gasteiger charge is -2.10. The first-order chi connectivity index (χ1) is 10.8. The molecule has 2 aromatic rings. The summed E-state index contributed by atoms with van der Waals surface area (Å²) in [7, 11) is -3.39. The summed E-state index contributed by atoms with van der Waals surface area (Å²) in [4.78, 5) is 13.3. The molecule has 1 amide bonds. The predicted molar refractivity (Wildman–Crippen MR) is 96.1 cm³/mol. The van der Waals surface area contributed by atoms with Gasteiger partial charge >= 0.3 is 0 Å². The Kier molecular flexibility index (Phi) is 5.56. The Balaban J connectivity index is 2.19. The third kappa shape index (κ3) is 5.16. The van der Waals surface area contributed by atoms with Crippen LogP contribution in [0.3, 0.4) is 0 Å². The predicted octanol–water partition coefficient (Wildman–Crippen LogP) is 3.69. The molecule has 2 rings (SSSR count). The Morgan fingerprint density at radius 2 is 1.87 bits per heavy atom. The minimum atomic E-state index is -3.39. The van der Waals surface area contributed by atoms with E-state index in [4.69, 9.17) is 11.6 Å². The van der Waals surface area contributed by atoms with Crippen molar-refractivity contribution in [2.45, 2.75) is 4.90 Å². The molecule has 0 aliphatic rings. The zero-order valence-electron chi connectivity index (χ0n) is 12.5. The summed E-state index contributed by atoms with van der Waals surface area (Å²) in [6.45, 7) is 0. The number of thioether (sulfide) groups is 1. The van der Waals surface area contributed by atoms with E-state index in [0.717, 1.165) is 11.2 Å². The summed E-state index contributed by atoms with van der Waals surface area (Å²) in [5.41, 5.74) is 1.23. The Labute approximate surface area is 144 Å². The van der Waals surface area contributed by atoms with Crippen LogP contribution in [0, 0.1) is 0 Å². The van der Waals surface area contributed by atoms with Gasteiger partial charge in [-0.3, -0.25) is 9.52 Å². The second-order valence-corrected chi connectivity index (χ2v) is 7.79. The molecule has 0 heterocycles. The number of halogens is 1. The minimum absolute atomic E-state index is 0.164. The number of amides is 1. The highest BCUT2D eigenvalue weighted by molar-refractivity contribution is 7.98. The van der Waals surface area contributed by atoms with Crippen molar-refractivity contribution in [3.05, 3.63) is 53.1 Å². The normalized spacial score (nSPS) is 11.1. The zero-order chi connectivity index (χ0) is 17.0. The molecule has 0 radical (unpaired) electrons. The highest BCUT2D eigenvalue weighted by atomic mass is 35.5. The number of benzene rings is 2. The molecular formula is C15H15ClN2O3S2. The monoisotopic (exact) mass is 370 g/mol. The molecule has 0 unspecified atom stereocenters. The van der Waals surface area contributed by atoms with Gasteiger partial charge in [0.1, 0.15) is 0 Å². The van der Waals surface area contributed by atoms with Crippen LogP contribution in [0.1, 0.15) is 10.4 Å². The van der Waals surface area contributed by atoms with E-state index in [1.54, 1.807) is 17.8 Å². The van der Waals surface area contributed by atoms with Gasteiger partial charge < -0.3 is 5.32 Å². The van der Waals surface area contributed by atoms with Crippen LogP contribution in [-0.4, -0.2) is 26.8 Å². The largest absolute Gasteiger partial charge is 0.322 e. The number of nitrogens with one attached hydrogen (secondary N) is 2. The molecule has 0 fully saturated rings. The van der Waals surface area contributed by atoms with Crippen LogP contribution in [0.5, 0.6) is 0 Å². The molecule has 122 valence electrons. The van der Waals surface area contributed by atoms with Crippen molar-refractivity contribution in [2.75, 3.05) is 22.6 Å². The fourth-order valence-corrected chi connectivity index (χ4v) is 3.16. The molecule has 0 saturated heterocycles. The van der Waals surface area contributed by atoms with E-state index in [1.807, 2.05) is 24.5 Å². The highest BCUT2D eigenvalue weighted by Crippen LogP contribution is 2.24. The van der Waals surface area contributed by atoms with E-state index >= 15 is 0 Å². The van der Waals surface area contributed by atoms with Gasteiger partial charge in [0.25, 0.3) is 5.91 Å². The maximum atomic E-state index is 12.3. The number of hydrogen-bond donors (Lipinski definition) is 2. The van der Waals surface area contributed by atoms with Crippen LogP contribution in [-0.2, 0) is 10.0 Å². The second kappa shape index (κ2) is 7.25. The molecule has 0 saturated carbocycles. The summed E-state index contributed by atoms with van der Waals surface area (Å²) in [5, 5.41) is 2.93. The van der Waals surface area contributed by atoms with E-state index in [0.29, 0.717) is 11.4 Å². The zero-order valence-corrected chi connectivity index (χ0v) is 14.8. The van der Waals surface area contributed by atoms with Crippen LogP contribution in [0.2, 0.25) is 5.02 Å². The maximum Gasteiger partial charge on any atom is 0.257 e. The lowest BCUT2D eigenvalue weighted by atomic mass is 10.2. The molecule has 0 bridgehead atoms. The Morgan fingerprint density at radius 1 is 1.13 bits per heavy atom. The third-order valence-electron chi connectivity index (χ3n) is 2.84. The Morgan fingerprint density at radius 3 is 2.48 bits per heavy atom. The van der Waals surface area contributed by atoms with Gasteiger partial charge in [-0.25, -0.2) is 8.42 Å². The van der Waals surface area contributed by atoms with Gasteiger partial charge in [-0.05, 0) is 42.7 Å². The summed E-state index contributed by atoms with van der Waals surface area (Å²) >= 11 is 7.65. The quantitative estimate of drug-likeness (QED) is 0.787. The van der Waals surface area contributed by atoms with Crippen molar-refractivity contribution in [1.82, 2.24) is 0 Å². The van der Waals surface area contributed by atoms with Gasteiger partial charge in [-0.15, -0.1) is 11.8 Å². The standard InChI is InChI=1S/C15H15ClN2O3S2/c1-22-12-5-3-4-10(8-12)17-15(19)13-7-6-11(9-14(13)16)18-23(2,20)21/h3-9,18H,1-2H3,(H,17,19). The average Bonchev–Trinajstić information content (AvgIpc) is 2.45. The van der Waals surface area contributed by atoms with E-state index in [1.165, 1.54) is 18.2 Å². The first-order valence-corrected chi connectivity index (χ1v) is 10.0. The minimum Gasteiger partial charge on any atom is -0.322 e. The van der Waals surface area contributed by atoms with Gasteiger partial charge in [0.05, 0.1) is 16.8 Å². The van der Waals surface area contributed by atoms with Crippen LogP contribution in [0.15, 0.2) is 47.4 Å². The van der Waals surface area contributed by atoms with Crippen LogP contribution in [0.25, 0.3) is 0 Å². The molecule has 0 aromatic heterocycles. The summed E-state index contributed by atoms with van der Waals surface area (Å²) in [5.74, 6) is -0.362. The van der Waals surface area contributed by atoms with Crippen molar-refractivity contribution < 1.29 is 13.2 Å². The van der Waals surface area contributed by atoms with Crippen molar-refractivity contribution >= 4 is 50.7 Å². The van der Waals surface area contributed by atoms with Crippen LogP contribution < -0.4 is 10.0 Å². The fraction of sp³-hybridized carbons (Fsp3) is 0.133. The number of anilines is 2. The van der Waals surface area contributed by atoms with Gasteiger partial charge in [-0.2, -0.15) is 0 Å². The molecule has 0 spiro atoms. The van der Waals surface area contributed by atoms with Crippen LogP contribution >= 0.6 is 23.4 Å². The molecule has 0 atom stereocenters. The van der Waals surface area contributed by atoms with Crippen molar-refractivity contribution in [3.63, 3.8) is 0 Å². The van der Waals surface area contributed by atoms with E-state index < -0.39 is 10.0 Å². The Hall–Kier alpha value is -1.70. The van der Waals surface area contributed by atoms with E-state index in [-0.39, 0.29) is 16.5 Å². The first-order valence-electron chi connectivity index (χ1n) is 6.51. The molecule has 23 heavy (non-hydrogen) atoms. The van der Waals surface area contributed by atoms with E-state index in [9.17, 15) is 13.2 Å². The van der Waals surface area contributed by atoms with Crippen molar-refractivity contribution in [3.8, 4) is 0 Å². The molecule has 0 aliphatic heterocycles. The number of carbonyl (C=O) groups excluding carboxylic acids is 1. The van der Waals surface area contributed by atoms with Gasteiger partial charge in [0, 0.05) is 16.3 Å². The topological polar surface area (TPSA) is 75.3 Å². The van der Waals surface area contributed by atoms with Crippen molar-refractivity contribution in [1.29, 1.82) is 0 Å². The Bertz CT molecular complexity index is 838. The molecule has 5 nitrogen and oxygen atoms in total. The smallest absolute Gasteiger partial charge is 0.257 e.